The molecule has 0 saturated carbocycles. The molecule has 0 radical (unpaired) electrons. The van der Waals surface area contributed by atoms with Crippen LogP contribution in [-0.4, -0.2) is 43.3 Å². The second kappa shape index (κ2) is 5.54. The van der Waals surface area contributed by atoms with E-state index in [-0.39, 0.29) is 11.5 Å². The van der Waals surface area contributed by atoms with Gasteiger partial charge in [-0.2, -0.15) is 0 Å². The number of aromatic hydroxyl groups is 1. The molecule has 18 heavy (non-hydrogen) atoms. The number of phenols is 1. The Morgan fingerprint density at radius 2 is 2.11 bits per heavy atom. The average molecular weight is 254 g/mol. The maximum absolute atomic E-state index is 13.6. The molecule has 100 valence electrons. The van der Waals surface area contributed by atoms with Crippen LogP contribution in [0.15, 0.2) is 6.07 Å². The van der Waals surface area contributed by atoms with Crippen molar-refractivity contribution in [2.75, 3.05) is 33.3 Å². The molecule has 0 bridgehead atoms. The highest BCUT2D eigenvalue weighted by Gasteiger charge is 2.19. The van der Waals surface area contributed by atoms with Crippen molar-refractivity contribution in [3.63, 3.8) is 0 Å². The molecule has 1 aliphatic heterocycles. The van der Waals surface area contributed by atoms with E-state index in [1.165, 1.54) is 13.2 Å². The number of nitrogens with zero attached hydrogens (tertiary/aromatic N) is 1. The van der Waals surface area contributed by atoms with Gasteiger partial charge in [0.2, 0.25) is 0 Å². The first-order valence-electron chi connectivity index (χ1n) is 6.11. The first-order valence-corrected chi connectivity index (χ1v) is 6.11. The van der Waals surface area contributed by atoms with Gasteiger partial charge in [-0.05, 0) is 18.6 Å². The molecule has 0 spiro atoms. The van der Waals surface area contributed by atoms with E-state index in [0.717, 1.165) is 37.3 Å². The van der Waals surface area contributed by atoms with Gasteiger partial charge in [-0.25, -0.2) is 4.39 Å². The van der Waals surface area contributed by atoms with Crippen molar-refractivity contribution < 1.29 is 14.2 Å². The maximum Gasteiger partial charge on any atom is 0.196 e. The zero-order valence-corrected chi connectivity index (χ0v) is 10.8. The molecule has 0 unspecified atom stereocenters. The minimum Gasteiger partial charge on any atom is -0.504 e. The second-order valence-electron chi connectivity index (χ2n) is 4.56. The summed E-state index contributed by atoms with van der Waals surface area (Å²) in [7, 11) is 1.36. The third kappa shape index (κ3) is 2.57. The number of hydrogen-bond acceptors (Lipinski definition) is 4. The fraction of sp³-hybridized carbons (Fsp3) is 0.538. The predicted molar refractivity (Wildman–Crippen MR) is 67.5 cm³/mol. The summed E-state index contributed by atoms with van der Waals surface area (Å²) in [6.07, 6.45) is 0. The van der Waals surface area contributed by atoms with Crippen molar-refractivity contribution in [3.05, 3.63) is 23.0 Å². The van der Waals surface area contributed by atoms with Gasteiger partial charge in [0.25, 0.3) is 0 Å². The van der Waals surface area contributed by atoms with Crippen LogP contribution in [0.4, 0.5) is 4.39 Å². The molecule has 0 atom stereocenters. The Morgan fingerprint density at radius 3 is 2.72 bits per heavy atom. The smallest absolute Gasteiger partial charge is 0.196 e. The van der Waals surface area contributed by atoms with E-state index in [9.17, 15) is 9.50 Å². The average Bonchev–Trinajstić information content (AvgIpc) is 2.36. The van der Waals surface area contributed by atoms with Gasteiger partial charge in [0.05, 0.1) is 7.11 Å². The molecule has 1 aromatic rings. The number of methoxy groups -OCH3 is 1. The number of aryl methyl sites for hydroxylation is 1. The summed E-state index contributed by atoms with van der Waals surface area (Å²) in [6, 6.07) is 1.41. The molecule has 1 fully saturated rings. The van der Waals surface area contributed by atoms with E-state index < -0.39 is 5.82 Å². The monoisotopic (exact) mass is 254 g/mol. The highest BCUT2D eigenvalue weighted by atomic mass is 19.1. The maximum atomic E-state index is 13.6. The highest BCUT2D eigenvalue weighted by molar-refractivity contribution is 5.50. The lowest BCUT2D eigenvalue weighted by Crippen LogP contribution is -2.43. The van der Waals surface area contributed by atoms with E-state index in [1.807, 2.05) is 0 Å². The van der Waals surface area contributed by atoms with Crippen LogP contribution in [-0.2, 0) is 6.54 Å². The Labute approximate surface area is 106 Å². The number of benzene rings is 1. The van der Waals surface area contributed by atoms with Crippen LogP contribution in [0.5, 0.6) is 11.5 Å². The molecule has 4 nitrogen and oxygen atoms in total. The number of ether oxygens (including phenoxy) is 1. The van der Waals surface area contributed by atoms with Gasteiger partial charge in [-0.15, -0.1) is 0 Å². The minimum absolute atomic E-state index is 0.0641. The molecule has 1 saturated heterocycles. The van der Waals surface area contributed by atoms with E-state index in [2.05, 4.69) is 10.2 Å². The van der Waals surface area contributed by atoms with Crippen LogP contribution >= 0.6 is 0 Å². The van der Waals surface area contributed by atoms with Gasteiger partial charge >= 0.3 is 0 Å². The summed E-state index contributed by atoms with van der Waals surface area (Å²) < 4.78 is 18.5. The molecule has 5 heteroatoms. The quantitative estimate of drug-likeness (QED) is 0.852. The van der Waals surface area contributed by atoms with Crippen LogP contribution in [0.2, 0.25) is 0 Å². The number of hydrogen-bond donors (Lipinski definition) is 2. The molecule has 1 heterocycles. The first-order chi connectivity index (χ1) is 8.63. The molecule has 2 N–H and O–H groups in total. The summed E-state index contributed by atoms with van der Waals surface area (Å²) in [4.78, 5) is 2.23. The molecule has 0 amide bonds. The summed E-state index contributed by atoms with van der Waals surface area (Å²) in [5.74, 6) is -0.657. The lowest BCUT2D eigenvalue weighted by atomic mass is 10.1. The molecular formula is C13H19FN2O2. The largest absolute Gasteiger partial charge is 0.504 e. The summed E-state index contributed by atoms with van der Waals surface area (Å²) in [5.41, 5.74) is 1.50. The van der Waals surface area contributed by atoms with Crippen molar-refractivity contribution in [1.29, 1.82) is 0 Å². The number of piperazine rings is 1. The van der Waals surface area contributed by atoms with Crippen LogP contribution in [0.25, 0.3) is 0 Å². The fourth-order valence-corrected chi connectivity index (χ4v) is 2.27. The van der Waals surface area contributed by atoms with Crippen molar-refractivity contribution in [2.45, 2.75) is 13.5 Å². The van der Waals surface area contributed by atoms with E-state index in [0.29, 0.717) is 6.54 Å². The van der Waals surface area contributed by atoms with Crippen molar-refractivity contribution in [2.24, 2.45) is 0 Å². The van der Waals surface area contributed by atoms with Crippen molar-refractivity contribution in [3.8, 4) is 11.5 Å². The van der Waals surface area contributed by atoms with Gasteiger partial charge in [-0.1, -0.05) is 0 Å². The highest BCUT2D eigenvalue weighted by Crippen LogP contribution is 2.35. The van der Waals surface area contributed by atoms with Gasteiger partial charge in [0, 0.05) is 38.3 Å². The standard InChI is InChI=1S/C13H19FN2O2/c1-9-7-11(14)13(18-2)12(17)10(9)8-16-5-3-15-4-6-16/h7,15,17H,3-6,8H2,1-2H3. The lowest BCUT2D eigenvalue weighted by molar-refractivity contribution is 0.228. The molecule has 0 aliphatic carbocycles. The Balaban J connectivity index is 2.26. The predicted octanol–water partition coefficient (Wildman–Crippen LogP) is 1.25. The fourth-order valence-electron chi connectivity index (χ4n) is 2.27. The Bertz CT molecular complexity index is 431. The van der Waals surface area contributed by atoms with Crippen LogP contribution in [0.3, 0.4) is 0 Å². The van der Waals surface area contributed by atoms with Gasteiger partial charge in [0.1, 0.15) is 0 Å². The van der Waals surface area contributed by atoms with E-state index in [1.54, 1.807) is 6.92 Å². The molecule has 2 rings (SSSR count). The van der Waals surface area contributed by atoms with Gasteiger partial charge in [-0.3, -0.25) is 4.90 Å². The van der Waals surface area contributed by atoms with Crippen molar-refractivity contribution in [1.82, 2.24) is 10.2 Å². The van der Waals surface area contributed by atoms with E-state index in [4.69, 9.17) is 4.74 Å². The molecular weight excluding hydrogens is 235 g/mol. The van der Waals surface area contributed by atoms with Crippen molar-refractivity contribution >= 4 is 0 Å². The lowest BCUT2D eigenvalue weighted by Gasteiger charge is -2.28. The normalized spacial score (nSPS) is 16.8. The summed E-state index contributed by atoms with van der Waals surface area (Å²) in [5, 5.41) is 13.3. The summed E-state index contributed by atoms with van der Waals surface area (Å²) in [6.45, 7) is 6.17. The Morgan fingerprint density at radius 1 is 1.44 bits per heavy atom. The van der Waals surface area contributed by atoms with Gasteiger partial charge < -0.3 is 15.2 Å². The SMILES string of the molecule is COc1c(F)cc(C)c(CN2CCNCC2)c1O. The molecule has 1 aromatic carbocycles. The molecule has 1 aliphatic rings. The summed E-state index contributed by atoms with van der Waals surface area (Å²) >= 11 is 0. The zero-order chi connectivity index (χ0) is 13.1. The minimum atomic E-state index is -0.517. The van der Waals surface area contributed by atoms with Gasteiger partial charge in [0.15, 0.2) is 17.3 Å². The third-order valence-electron chi connectivity index (χ3n) is 3.33. The number of nitrogens with one attached hydrogen (secondary N) is 1. The first kappa shape index (κ1) is 13.1. The van der Waals surface area contributed by atoms with Crippen LogP contribution < -0.4 is 10.1 Å². The third-order valence-corrected chi connectivity index (χ3v) is 3.33. The Kier molecular flexibility index (Phi) is 4.04. The van der Waals surface area contributed by atoms with Crippen LogP contribution in [0.1, 0.15) is 11.1 Å². The van der Waals surface area contributed by atoms with E-state index >= 15 is 0 Å². The number of halogens is 1. The number of phenolic OH excluding ortho intramolecular Hbond substituents is 1. The second-order valence-corrected chi connectivity index (χ2v) is 4.56. The molecule has 0 aromatic heterocycles. The Hall–Kier alpha value is -1.33. The topological polar surface area (TPSA) is 44.7 Å². The van der Waals surface area contributed by atoms with Crippen LogP contribution in [0, 0.1) is 12.7 Å². The zero-order valence-electron chi connectivity index (χ0n) is 10.8. The number of rotatable bonds is 3.